The fraction of sp³-hybridized carbons (Fsp3) is 0.529. The molecule has 0 radical (unpaired) electrons. The number of nitrogens with zero attached hydrogens (tertiary/aromatic N) is 2. The van der Waals surface area contributed by atoms with Crippen molar-refractivity contribution in [1.82, 2.24) is 10.2 Å². The van der Waals surface area contributed by atoms with E-state index < -0.39 is 0 Å². The lowest BCUT2D eigenvalue weighted by atomic mass is 9.99. The number of methoxy groups -OCH3 is 2. The van der Waals surface area contributed by atoms with Crippen molar-refractivity contribution in [2.45, 2.75) is 13.5 Å². The predicted octanol–water partition coefficient (Wildman–Crippen LogP) is 1.51. The minimum absolute atomic E-state index is 0.102. The molecule has 0 spiro atoms. The molecule has 1 saturated heterocycles. The van der Waals surface area contributed by atoms with Crippen LogP contribution in [0.1, 0.15) is 12.5 Å². The van der Waals surface area contributed by atoms with Gasteiger partial charge in [-0.3, -0.25) is 9.79 Å². The molecule has 1 aromatic carbocycles. The van der Waals surface area contributed by atoms with E-state index in [1.54, 1.807) is 14.2 Å². The Labute approximate surface area is 137 Å². The lowest BCUT2D eigenvalue weighted by Crippen LogP contribution is -2.40. The molecule has 1 N–H and O–H groups in total. The summed E-state index contributed by atoms with van der Waals surface area (Å²) in [7, 11) is 4.85. The fourth-order valence-corrected chi connectivity index (χ4v) is 2.89. The van der Waals surface area contributed by atoms with Gasteiger partial charge in [0.05, 0.1) is 20.1 Å². The number of nitrogens with one attached hydrogen (secondary N) is 1. The number of benzene rings is 1. The Hall–Kier alpha value is -2.24. The molecule has 2 rings (SSSR count). The minimum Gasteiger partial charge on any atom is -0.497 e. The van der Waals surface area contributed by atoms with Gasteiger partial charge in [-0.25, -0.2) is 0 Å². The first-order valence-electron chi connectivity index (χ1n) is 7.75. The predicted molar refractivity (Wildman–Crippen MR) is 89.4 cm³/mol. The van der Waals surface area contributed by atoms with Gasteiger partial charge in [-0.2, -0.15) is 0 Å². The molecule has 2 unspecified atom stereocenters. The fourth-order valence-electron chi connectivity index (χ4n) is 2.89. The van der Waals surface area contributed by atoms with Gasteiger partial charge in [-0.05, 0) is 23.6 Å². The number of carbonyl (C=O) groups is 1. The maximum Gasteiger partial charge on any atom is 0.310 e. The van der Waals surface area contributed by atoms with Crippen LogP contribution < -0.4 is 10.1 Å². The number of ether oxygens (including phenoxy) is 2. The third kappa shape index (κ3) is 4.15. The number of carbonyl (C=O) groups excluding carboxylic acids is 1. The van der Waals surface area contributed by atoms with Crippen LogP contribution in [0.5, 0.6) is 5.75 Å². The van der Waals surface area contributed by atoms with Gasteiger partial charge in [0.1, 0.15) is 5.75 Å². The van der Waals surface area contributed by atoms with Gasteiger partial charge < -0.3 is 19.7 Å². The summed E-state index contributed by atoms with van der Waals surface area (Å²) >= 11 is 0. The molecular weight excluding hydrogens is 294 g/mol. The Kier molecular flexibility index (Phi) is 5.84. The quantitative estimate of drug-likeness (QED) is 0.518. The summed E-state index contributed by atoms with van der Waals surface area (Å²) in [5.41, 5.74) is 1.11. The molecular formula is C17H25N3O3. The second kappa shape index (κ2) is 7.85. The SMILES string of the molecule is CN=C(NCc1cccc(OC)c1)N1CC(C)C(C(=O)OC)C1. The van der Waals surface area contributed by atoms with E-state index >= 15 is 0 Å². The lowest BCUT2D eigenvalue weighted by Gasteiger charge is -2.21. The molecule has 6 heteroatoms. The molecule has 1 aromatic rings. The van der Waals surface area contributed by atoms with E-state index in [0.29, 0.717) is 13.1 Å². The maximum atomic E-state index is 11.8. The average Bonchev–Trinajstić information content (AvgIpc) is 2.96. The first kappa shape index (κ1) is 17.1. The zero-order chi connectivity index (χ0) is 16.8. The number of likely N-dealkylation sites (tertiary alicyclic amines) is 1. The van der Waals surface area contributed by atoms with Crippen LogP contribution in [0.3, 0.4) is 0 Å². The van der Waals surface area contributed by atoms with E-state index in [9.17, 15) is 4.79 Å². The molecule has 23 heavy (non-hydrogen) atoms. The maximum absolute atomic E-state index is 11.8. The highest BCUT2D eigenvalue weighted by molar-refractivity contribution is 5.82. The van der Waals surface area contributed by atoms with E-state index in [4.69, 9.17) is 9.47 Å². The molecule has 126 valence electrons. The summed E-state index contributed by atoms with van der Waals surface area (Å²) in [5.74, 6) is 1.63. The molecule has 1 aliphatic rings. The highest BCUT2D eigenvalue weighted by atomic mass is 16.5. The first-order valence-corrected chi connectivity index (χ1v) is 7.75. The molecule has 0 aromatic heterocycles. The van der Waals surface area contributed by atoms with Crippen LogP contribution >= 0.6 is 0 Å². The van der Waals surface area contributed by atoms with Crippen LogP contribution in [-0.2, 0) is 16.1 Å². The summed E-state index contributed by atoms with van der Waals surface area (Å²) in [6.45, 7) is 4.14. The normalized spacial score (nSPS) is 21.2. The summed E-state index contributed by atoms with van der Waals surface area (Å²) < 4.78 is 10.1. The van der Waals surface area contributed by atoms with Crippen molar-refractivity contribution < 1.29 is 14.3 Å². The van der Waals surface area contributed by atoms with Crippen molar-refractivity contribution in [1.29, 1.82) is 0 Å². The zero-order valence-corrected chi connectivity index (χ0v) is 14.2. The Morgan fingerprint density at radius 2 is 2.17 bits per heavy atom. The Morgan fingerprint density at radius 3 is 2.83 bits per heavy atom. The molecule has 2 atom stereocenters. The van der Waals surface area contributed by atoms with E-state index in [2.05, 4.69) is 22.1 Å². The number of hydrogen-bond acceptors (Lipinski definition) is 4. The Balaban J connectivity index is 1.97. The topological polar surface area (TPSA) is 63.2 Å². The van der Waals surface area contributed by atoms with Crippen LogP contribution in [0.25, 0.3) is 0 Å². The van der Waals surface area contributed by atoms with Crippen LogP contribution in [0.15, 0.2) is 29.3 Å². The van der Waals surface area contributed by atoms with Crippen LogP contribution in [0.4, 0.5) is 0 Å². The first-order chi connectivity index (χ1) is 11.1. The van der Waals surface area contributed by atoms with Crippen LogP contribution in [-0.4, -0.2) is 51.2 Å². The van der Waals surface area contributed by atoms with E-state index in [-0.39, 0.29) is 17.8 Å². The second-order valence-electron chi connectivity index (χ2n) is 5.76. The van der Waals surface area contributed by atoms with E-state index in [0.717, 1.165) is 23.8 Å². The van der Waals surface area contributed by atoms with E-state index in [1.807, 2.05) is 24.3 Å². The molecule has 1 heterocycles. The standard InChI is InChI=1S/C17H25N3O3/c1-12-10-20(11-15(12)16(21)23-4)17(18-2)19-9-13-6-5-7-14(8-13)22-3/h5-8,12,15H,9-11H2,1-4H3,(H,18,19). The number of hydrogen-bond donors (Lipinski definition) is 1. The Morgan fingerprint density at radius 1 is 1.39 bits per heavy atom. The van der Waals surface area contributed by atoms with Gasteiger partial charge in [0.25, 0.3) is 0 Å². The zero-order valence-electron chi connectivity index (χ0n) is 14.2. The van der Waals surface area contributed by atoms with Gasteiger partial charge in [0, 0.05) is 26.7 Å². The summed E-state index contributed by atoms with van der Waals surface area (Å²) in [5, 5.41) is 3.35. The molecule has 0 aliphatic carbocycles. The monoisotopic (exact) mass is 319 g/mol. The highest BCUT2D eigenvalue weighted by Gasteiger charge is 2.36. The molecule has 0 amide bonds. The van der Waals surface area contributed by atoms with E-state index in [1.165, 1.54) is 7.11 Å². The third-order valence-electron chi connectivity index (χ3n) is 4.21. The second-order valence-corrected chi connectivity index (χ2v) is 5.76. The van der Waals surface area contributed by atoms with Crippen molar-refractivity contribution >= 4 is 11.9 Å². The molecule has 0 saturated carbocycles. The highest BCUT2D eigenvalue weighted by Crippen LogP contribution is 2.24. The number of rotatable bonds is 4. The summed E-state index contributed by atoms with van der Waals surface area (Å²) in [6, 6.07) is 7.90. The van der Waals surface area contributed by atoms with Gasteiger partial charge in [0.2, 0.25) is 0 Å². The minimum atomic E-state index is -0.150. The average molecular weight is 319 g/mol. The molecule has 0 bridgehead atoms. The number of esters is 1. The molecule has 1 fully saturated rings. The third-order valence-corrected chi connectivity index (χ3v) is 4.21. The smallest absolute Gasteiger partial charge is 0.310 e. The van der Waals surface area contributed by atoms with Crippen LogP contribution in [0, 0.1) is 11.8 Å². The van der Waals surface area contributed by atoms with Crippen molar-refractivity contribution in [2.75, 3.05) is 34.4 Å². The summed E-state index contributed by atoms with van der Waals surface area (Å²) in [6.07, 6.45) is 0. The van der Waals surface area contributed by atoms with Crippen molar-refractivity contribution in [3.63, 3.8) is 0 Å². The molecule has 1 aliphatic heterocycles. The van der Waals surface area contributed by atoms with Gasteiger partial charge in [-0.15, -0.1) is 0 Å². The Bertz CT molecular complexity index is 574. The lowest BCUT2D eigenvalue weighted by molar-refractivity contribution is -0.145. The van der Waals surface area contributed by atoms with Crippen molar-refractivity contribution in [3.05, 3.63) is 29.8 Å². The van der Waals surface area contributed by atoms with Crippen molar-refractivity contribution in [3.8, 4) is 5.75 Å². The van der Waals surface area contributed by atoms with Gasteiger partial charge in [-0.1, -0.05) is 19.1 Å². The van der Waals surface area contributed by atoms with Crippen LogP contribution in [0.2, 0.25) is 0 Å². The van der Waals surface area contributed by atoms with Gasteiger partial charge >= 0.3 is 5.97 Å². The number of aliphatic imine (C=N–C) groups is 1. The largest absolute Gasteiger partial charge is 0.497 e. The molecule has 6 nitrogen and oxygen atoms in total. The van der Waals surface area contributed by atoms with Gasteiger partial charge in [0.15, 0.2) is 5.96 Å². The number of guanidine groups is 1. The summed E-state index contributed by atoms with van der Waals surface area (Å²) in [4.78, 5) is 18.2. The van der Waals surface area contributed by atoms with Crippen molar-refractivity contribution in [2.24, 2.45) is 16.8 Å².